The number of hydrogen-bond acceptors (Lipinski definition) is 4. The van der Waals surface area contributed by atoms with Gasteiger partial charge in [-0.05, 0) is 23.6 Å². The summed E-state index contributed by atoms with van der Waals surface area (Å²) in [6.07, 6.45) is 0.275. The van der Waals surface area contributed by atoms with Crippen molar-refractivity contribution in [2.75, 3.05) is 12.4 Å². The number of aromatic nitrogens is 3. The molecule has 1 unspecified atom stereocenters. The van der Waals surface area contributed by atoms with Gasteiger partial charge < -0.3 is 4.55 Å². The van der Waals surface area contributed by atoms with Crippen LogP contribution in [0.15, 0.2) is 34.8 Å². The standard InChI is InChI=1S/C13H12FN3OS2/c14-6-2-8-20(18)13-16-10-5-4-9(15-12(10)17-13)11-3-1-7-19-11/h1,3-5,7H,2,6,8H2,(H,15,16,17). The first kappa shape index (κ1) is 13.5. The van der Waals surface area contributed by atoms with Gasteiger partial charge in [0.25, 0.3) is 0 Å². The maximum absolute atomic E-state index is 12.1. The zero-order chi connectivity index (χ0) is 13.9. The number of thiophene rings is 1. The van der Waals surface area contributed by atoms with Gasteiger partial charge in [-0.2, -0.15) is 4.98 Å². The van der Waals surface area contributed by atoms with E-state index in [1.54, 1.807) is 11.3 Å². The largest absolute Gasteiger partial charge is 0.609 e. The van der Waals surface area contributed by atoms with Crippen LogP contribution in [-0.2, 0) is 11.2 Å². The molecule has 0 spiro atoms. The van der Waals surface area contributed by atoms with Crippen LogP contribution in [0.4, 0.5) is 4.39 Å². The second-order valence-corrected chi connectivity index (χ2v) is 6.61. The average molecular weight is 309 g/mol. The van der Waals surface area contributed by atoms with Crippen molar-refractivity contribution in [1.29, 1.82) is 0 Å². The van der Waals surface area contributed by atoms with Crippen LogP contribution in [0.25, 0.3) is 21.7 Å². The quantitative estimate of drug-likeness (QED) is 0.736. The van der Waals surface area contributed by atoms with E-state index >= 15 is 0 Å². The van der Waals surface area contributed by atoms with Crippen LogP contribution in [0.2, 0.25) is 0 Å². The molecule has 0 fully saturated rings. The van der Waals surface area contributed by atoms with Gasteiger partial charge in [-0.25, -0.2) is 4.98 Å². The molecule has 0 saturated carbocycles. The third-order valence-electron chi connectivity index (χ3n) is 2.78. The molecule has 1 N–H and O–H groups in total. The van der Waals surface area contributed by atoms with Crippen molar-refractivity contribution in [3.63, 3.8) is 0 Å². The lowest BCUT2D eigenvalue weighted by molar-refractivity contribution is 0.484. The lowest BCUT2D eigenvalue weighted by Gasteiger charge is -2.04. The lowest BCUT2D eigenvalue weighted by Crippen LogP contribution is -2.09. The number of nitrogens with zero attached hydrogens (tertiary/aromatic N) is 2. The molecule has 104 valence electrons. The lowest BCUT2D eigenvalue weighted by atomic mass is 10.3. The summed E-state index contributed by atoms with van der Waals surface area (Å²) in [5.41, 5.74) is 2.13. The Morgan fingerprint density at radius 1 is 1.30 bits per heavy atom. The van der Waals surface area contributed by atoms with Gasteiger partial charge >= 0.3 is 5.16 Å². The van der Waals surface area contributed by atoms with E-state index in [-0.39, 0.29) is 12.2 Å². The number of aromatic amines is 1. The van der Waals surface area contributed by atoms with Crippen LogP contribution in [0.1, 0.15) is 6.42 Å². The Labute approximate surface area is 122 Å². The summed E-state index contributed by atoms with van der Waals surface area (Å²) in [7, 11) is 0. The summed E-state index contributed by atoms with van der Waals surface area (Å²) < 4.78 is 24.0. The van der Waals surface area contributed by atoms with E-state index in [2.05, 4.69) is 15.0 Å². The molecule has 3 heterocycles. The normalized spacial score (nSPS) is 12.9. The Kier molecular flexibility index (Phi) is 4.00. The van der Waals surface area contributed by atoms with Gasteiger partial charge in [0.1, 0.15) is 5.75 Å². The highest BCUT2D eigenvalue weighted by atomic mass is 32.2. The van der Waals surface area contributed by atoms with E-state index in [9.17, 15) is 8.94 Å². The van der Waals surface area contributed by atoms with Crippen molar-refractivity contribution in [3.05, 3.63) is 29.6 Å². The molecule has 3 aromatic heterocycles. The summed E-state index contributed by atoms with van der Waals surface area (Å²) in [6, 6.07) is 7.74. The maximum Gasteiger partial charge on any atom is 0.323 e. The number of alkyl halides is 1. The monoisotopic (exact) mass is 309 g/mol. The van der Waals surface area contributed by atoms with Crippen LogP contribution < -0.4 is 0 Å². The number of imidazole rings is 1. The SMILES string of the molecule is [O-][S+](CCCF)c1nc2nc(-c3cccs3)ccc2[nH]1. The van der Waals surface area contributed by atoms with Gasteiger partial charge in [-0.15, -0.1) is 11.3 Å². The molecule has 4 nitrogen and oxygen atoms in total. The fourth-order valence-corrected chi connectivity index (χ4v) is 3.49. The first-order valence-electron chi connectivity index (χ1n) is 6.13. The predicted molar refractivity (Wildman–Crippen MR) is 79.1 cm³/mol. The minimum absolute atomic E-state index is 0.272. The maximum atomic E-state index is 12.1. The summed E-state index contributed by atoms with van der Waals surface area (Å²) in [5, 5.41) is 2.35. The van der Waals surface area contributed by atoms with Crippen LogP contribution in [0.5, 0.6) is 0 Å². The highest BCUT2D eigenvalue weighted by Gasteiger charge is 2.17. The Bertz CT molecular complexity index is 699. The first-order chi connectivity index (χ1) is 9.78. The van der Waals surface area contributed by atoms with Crippen LogP contribution >= 0.6 is 11.3 Å². The number of halogens is 1. The van der Waals surface area contributed by atoms with Crippen molar-refractivity contribution >= 4 is 33.7 Å². The molecule has 7 heteroatoms. The Morgan fingerprint density at radius 3 is 2.95 bits per heavy atom. The molecule has 0 aliphatic rings. The van der Waals surface area contributed by atoms with Gasteiger partial charge in [0.15, 0.2) is 5.65 Å². The smallest absolute Gasteiger partial charge is 0.323 e. The molecule has 1 atom stereocenters. The van der Waals surface area contributed by atoms with Crippen molar-refractivity contribution in [1.82, 2.24) is 15.0 Å². The zero-order valence-electron chi connectivity index (χ0n) is 10.5. The van der Waals surface area contributed by atoms with E-state index in [1.807, 2.05) is 29.6 Å². The molecule has 0 saturated heterocycles. The van der Waals surface area contributed by atoms with Crippen molar-refractivity contribution in [3.8, 4) is 10.6 Å². The second kappa shape index (κ2) is 5.90. The van der Waals surface area contributed by atoms with E-state index in [0.29, 0.717) is 10.8 Å². The van der Waals surface area contributed by atoms with E-state index < -0.39 is 17.9 Å². The van der Waals surface area contributed by atoms with Gasteiger partial charge in [-0.3, -0.25) is 9.37 Å². The fourth-order valence-electron chi connectivity index (χ4n) is 1.82. The summed E-state index contributed by atoms with van der Waals surface area (Å²) >= 11 is 0.303. The Hall–Kier alpha value is -1.44. The zero-order valence-corrected chi connectivity index (χ0v) is 12.1. The molecule has 0 aliphatic carbocycles. The first-order valence-corrected chi connectivity index (χ1v) is 8.33. The van der Waals surface area contributed by atoms with E-state index in [0.717, 1.165) is 16.1 Å². The van der Waals surface area contributed by atoms with Crippen LogP contribution in [0, 0.1) is 0 Å². The number of H-pyrrole nitrogens is 1. The molecular weight excluding hydrogens is 297 g/mol. The molecular formula is C13H12FN3OS2. The van der Waals surface area contributed by atoms with E-state index in [4.69, 9.17) is 0 Å². The predicted octanol–water partition coefficient (Wildman–Crippen LogP) is 3.15. The van der Waals surface area contributed by atoms with E-state index in [1.165, 1.54) is 0 Å². The van der Waals surface area contributed by atoms with Crippen molar-refractivity contribution in [2.45, 2.75) is 11.6 Å². The molecule has 0 bridgehead atoms. The van der Waals surface area contributed by atoms with Gasteiger partial charge in [0.2, 0.25) is 0 Å². The second-order valence-electron chi connectivity index (χ2n) is 4.18. The fraction of sp³-hybridized carbons (Fsp3) is 0.231. The van der Waals surface area contributed by atoms with Gasteiger partial charge in [0, 0.05) is 17.6 Å². The highest BCUT2D eigenvalue weighted by Crippen LogP contribution is 2.24. The Balaban J connectivity index is 1.91. The summed E-state index contributed by atoms with van der Waals surface area (Å²) in [4.78, 5) is 12.8. The Morgan fingerprint density at radius 2 is 2.20 bits per heavy atom. The highest BCUT2D eigenvalue weighted by molar-refractivity contribution is 7.91. The van der Waals surface area contributed by atoms with Crippen LogP contribution in [-0.4, -0.2) is 31.9 Å². The summed E-state index contributed by atoms with van der Waals surface area (Å²) in [6.45, 7) is -0.466. The van der Waals surface area contributed by atoms with Crippen molar-refractivity contribution in [2.24, 2.45) is 0 Å². The number of rotatable bonds is 5. The molecule has 3 aromatic rings. The molecule has 3 rings (SSSR count). The van der Waals surface area contributed by atoms with Gasteiger partial charge in [-0.1, -0.05) is 6.07 Å². The number of nitrogens with one attached hydrogen (secondary N) is 1. The average Bonchev–Trinajstić information content (AvgIpc) is 3.12. The minimum atomic E-state index is -1.30. The van der Waals surface area contributed by atoms with Crippen LogP contribution in [0.3, 0.4) is 0 Å². The molecule has 20 heavy (non-hydrogen) atoms. The third kappa shape index (κ3) is 2.70. The van der Waals surface area contributed by atoms with Crippen molar-refractivity contribution < 1.29 is 8.94 Å². The molecule has 0 aliphatic heterocycles. The number of fused-ring (bicyclic) bond motifs is 1. The van der Waals surface area contributed by atoms with Gasteiger partial charge in [0.05, 0.1) is 22.8 Å². The molecule has 0 aromatic carbocycles. The molecule has 0 radical (unpaired) electrons. The molecule has 0 amide bonds. The summed E-state index contributed by atoms with van der Waals surface area (Å²) in [5.74, 6) is 0.272. The third-order valence-corrected chi connectivity index (χ3v) is 4.95. The minimum Gasteiger partial charge on any atom is -0.609 e. The topological polar surface area (TPSA) is 64.6 Å². The number of hydrogen-bond donors (Lipinski definition) is 1. The number of pyridine rings is 1.